The summed E-state index contributed by atoms with van der Waals surface area (Å²) in [6.45, 7) is 0.494. The van der Waals surface area contributed by atoms with E-state index < -0.39 is 17.9 Å². The van der Waals surface area contributed by atoms with Crippen LogP contribution < -0.4 is 11.1 Å². The van der Waals surface area contributed by atoms with Crippen molar-refractivity contribution in [2.45, 2.75) is 18.9 Å². The number of carbonyl (C=O) groups excluding carboxylic acids is 1. The van der Waals surface area contributed by atoms with E-state index in [1.807, 2.05) is 30.3 Å². The van der Waals surface area contributed by atoms with Gasteiger partial charge < -0.3 is 16.2 Å². The predicted octanol–water partition coefficient (Wildman–Crippen LogP) is 0.147. The van der Waals surface area contributed by atoms with Gasteiger partial charge in [-0.05, 0) is 18.5 Å². The Kier molecular flexibility index (Phi) is 5.16. The fraction of sp³-hybridized carbons (Fsp3) is 0.333. The number of hydrogen-bond acceptors (Lipinski definition) is 3. The summed E-state index contributed by atoms with van der Waals surface area (Å²) in [5.74, 6) is -1.68. The Morgan fingerprint density at radius 3 is 2.47 bits per heavy atom. The molecule has 0 aliphatic carbocycles. The summed E-state index contributed by atoms with van der Waals surface area (Å²) < 4.78 is 0. The molecule has 0 fully saturated rings. The van der Waals surface area contributed by atoms with E-state index in [-0.39, 0.29) is 6.42 Å². The molecule has 5 nitrogen and oxygen atoms in total. The maximum Gasteiger partial charge on any atom is 0.321 e. The normalized spacial score (nSPS) is 12.0. The first-order chi connectivity index (χ1) is 8.09. The molecular weight excluding hydrogens is 220 g/mol. The molecule has 5 heteroatoms. The van der Waals surface area contributed by atoms with Gasteiger partial charge in [0.25, 0.3) is 0 Å². The molecule has 0 saturated heterocycles. The van der Waals surface area contributed by atoms with Gasteiger partial charge in [-0.25, -0.2) is 0 Å². The van der Waals surface area contributed by atoms with E-state index in [1.165, 1.54) is 0 Å². The maximum atomic E-state index is 10.8. The Morgan fingerprint density at radius 2 is 1.94 bits per heavy atom. The topological polar surface area (TPSA) is 92.4 Å². The van der Waals surface area contributed by atoms with Gasteiger partial charge in [0.15, 0.2) is 0 Å². The standard InChI is InChI=1S/C12H16N2O3/c13-11(15)8-10(12(16)17)14-7-6-9-4-2-1-3-5-9/h1-5,10,14H,6-8H2,(H2,13,15)(H,16,17). The van der Waals surface area contributed by atoms with E-state index in [4.69, 9.17) is 10.8 Å². The molecule has 0 radical (unpaired) electrons. The van der Waals surface area contributed by atoms with E-state index in [2.05, 4.69) is 5.32 Å². The SMILES string of the molecule is NC(=O)CC(NCCc1ccccc1)C(=O)O. The van der Waals surface area contributed by atoms with Crippen molar-refractivity contribution in [1.82, 2.24) is 5.32 Å². The number of aliphatic carboxylic acids is 1. The van der Waals surface area contributed by atoms with Crippen LogP contribution in [-0.2, 0) is 16.0 Å². The third-order valence-corrected chi connectivity index (χ3v) is 2.35. The molecule has 0 aliphatic rings. The minimum absolute atomic E-state index is 0.190. The van der Waals surface area contributed by atoms with Crippen molar-refractivity contribution >= 4 is 11.9 Å². The van der Waals surface area contributed by atoms with E-state index >= 15 is 0 Å². The molecule has 1 unspecified atom stereocenters. The maximum absolute atomic E-state index is 10.8. The van der Waals surface area contributed by atoms with Gasteiger partial charge in [-0.1, -0.05) is 30.3 Å². The van der Waals surface area contributed by atoms with Gasteiger partial charge in [0, 0.05) is 0 Å². The molecule has 0 aliphatic heterocycles. The second-order valence-electron chi connectivity index (χ2n) is 3.75. The summed E-state index contributed by atoms with van der Waals surface area (Å²) in [6.07, 6.45) is 0.521. The van der Waals surface area contributed by atoms with Crippen molar-refractivity contribution in [3.63, 3.8) is 0 Å². The largest absolute Gasteiger partial charge is 0.480 e. The highest BCUT2D eigenvalue weighted by Crippen LogP contribution is 1.99. The van der Waals surface area contributed by atoms with Crippen LogP contribution in [-0.4, -0.2) is 29.6 Å². The molecule has 1 amide bonds. The summed E-state index contributed by atoms with van der Waals surface area (Å²) in [6, 6.07) is 8.79. The van der Waals surface area contributed by atoms with Crippen LogP contribution in [0.5, 0.6) is 0 Å². The lowest BCUT2D eigenvalue weighted by Gasteiger charge is -2.12. The van der Waals surface area contributed by atoms with Crippen LogP contribution in [0.2, 0.25) is 0 Å². The van der Waals surface area contributed by atoms with Crippen LogP contribution in [0.3, 0.4) is 0 Å². The van der Waals surface area contributed by atoms with E-state index in [9.17, 15) is 9.59 Å². The quantitative estimate of drug-likeness (QED) is 0.628. The fourth-order valence-corrected chi connectivity index (χ4v) is 1.48. The zero-order valence-electron chi connectivity index (χ0n) is 9.43. The molecule has 1 rings (SSSR count). The smallest absolute Gasteiger partial charge is 0.321 e. The summed E-state index contributed by atoms with van der Waals surface area (Å²) in [5.41, 5.74) is 6.09. The summed E-state index contributed by atoms with van der Waals surface area (Å²) >= 11 is 0. The Bertz CT molecular complexity index is 379. The third kappa shape index (κ3) is 5.12. The van der Waals surface area contributed by atoms with Crippen molar-refractivity contribution in [3.8, 4) is 0 Å². The summed E-state index contributed by atoms with van der Waals surface area (Å²) in [5, 5.41) is 11.6. The number of benzene rings is 1. The van der Waals surface area contributed by atoms with Crippen molar-refractivity contribution in [1.29, 1.82) is 0 Å². The molecule has 0 saturated carbocycles. The molecule has 0 spiro atoms. The highest BCUT2D eigenvalue weighted by molar-refractivity contribution is 5.83. The lowest BCUT2D eigenvalue weighted by atomic mass is 10.1. The monoisotopic (exact) mass is 236 g/mol. The first-order valence-corrected chi connectivity index (χ1v) is 5.38. The van der Waals surface area contributed by atoms with E-state index in [0.717, 1.165) is 5.56 Å². The van der Waals surface area contributed by atoms with Gasteiger partial charge in [0.2, 0.25) is 5.91 Å². The third-order valence-electron chi connectivity index (χ3n) is 2.35. The average Bonchev–Trinajstić information content (AvgIpc) is 2.28. The molecule has 1 aromatic rings. The van der Waals surface area contributed by atoms with E-state index in [1.54, 1.807) is 0 Å². The number of hydrogen-bond donors (Lipinski definition) is 3. The predicted molar refractivity (Wildman–Crippen MR) is 63.4 cm³/mol. The summed E-state index contributed by atoms with van der Waals surface area (Å²) in [7, 11) is 0. The Balaban J connectivity index is 2.37. The minimum atomic E-state index is -1.06. The van der Waals surface area contributed by atoms with Gasteiger partial charge in [0.1, 0.15) is 6.04 Å². The van der Waals surface area contributed by atoms with Crippen LogP contribution in [0.25, 0.3) is 0 Å². The fourth-order valence-electron chi connectivity index (χ4n) is 1.48. The number of carboxylic acids is 1. The van der Waals surface area contributed by atoms with Gasteiger partial charge in [-0.2, -0.15) is 0 Å². The number of primary amides is 1. The van der Waals surface area contributed by atoms with Crippen LogP contribution in [0.4, 0.5) is 0 Å². The van der Waals surface area contributed by atoms with Crippen LogP contribution >= 0.6 is 0 Å². The Labute approximate surface area is 99.6 Å². The molecule has 92 valence electrons. The molecule has 4 N–H and O–H groups in total. The zero-order chi connectivity index (χ0) is 12.7. The molecule has 17 heavy (non-hydrogen) atoms. The first kappa shape index (κ1) is 13.2. The molecule has 0 heterocycles. The highest BCUT2D eigenvalue weighted by atomic mass is 16.4. The Hall–Kier alpha value is -1.88. The van der Waals surface area contributed by atoms with Crippen molar-refractivity contribution in [2.24, 2.45) is 5.73 Å². The number of rotatable bonds is 7. The van der Waals surface area contributed by atoms with Crippen molar-refractivity contribution in [3.05, 3.63) is 35.9 Å². The minimum Gasteiger partial charge on any atom is -0.480 e. The van der Waals surface area contributed by atoms with Crippen molar-refractivity contribution < 1.29 is 14.7 Å². The lowest BCUT2D eigenvalue weighted by molar-refractivity contribution is -0.141. The molecule has 0 aromatic heterocycles. The second kappa shape index (κ2) is 6.65. The van der Waals surface area contributed by atoms with Crippen molar-refractivity contribution in [2.75, 3.05) is 6.54 Å². The zero-order valence-corrected chi connectivity index (χ0v) is 9.43. The second-order valence-corrected chi connectivity index (χ2v) is 3.75. The number of amides is 1. The highest BCUT2D eigenvalue weighted by Gasteiger charge is 2.18. The van der Waals surface area contributed by atoms with Gasteiger partial charge in [-0.3, -0.25) is 9.59 Å². The molecular formula is C12H16N2O3. The van der Waals surface area contributed by atoms with Gasteiger partial charge >= 0.3 is 5.97 Å². The van der Waals surface area contributed by atoms with Gasteiger partial charge in [0.05, 0.1) is 6.42 Å². The first-order valence-electron chi connectivity index (χ1n) is 5.38. The van der Waals surface area contributed by atoms with E-state index in [0.29, 0.717) is 13.0 Å². The Morgan fingerprint density at radius 1 is 1.29 bits per heavy atom. The van der Waals surface area contributed by atoms with Crippen LogP contribution in [0, 0.1) is 0 Å². The molecule has 1 atom stereocenters. The lowest BCUT2D eigenvalue weighted by Crippen LogP contribution is -2.40. The number of nitrogens with one attached hydrogen (secondary N) is 1. The van der Waals surface area contributed by atoms with Crippen LogP contribution in [0.1, 0.15) is 12.0 Å². The number of carboxylic acid groups (broad SMARTS) is 1. The van der Waals surface area contributed by atoms with Crippen LogP contribution in [0.15, 0.2) is 30.3 Å². The average molecular weight is 236 g/mol. The number of nitrogens with two attached hydrogens (primary N) is 1. The summed E-state index contributed by atoms with van der Waals surface area (Å²) in [4.78, 5) is 21.5. The number of carbonyl (C=O) groups is 2. The van der Waals surface area contributed by atoms with Gasteiger partial charge in [-0.15, -0.1) is 0 Å². The molecule has 0 bridgehead atoms. The molecule has 1 aromatic carbocycles.